The van der Waals surface area contributed by atoms with Crippen LogP contribution in [0.3, 0.4) is 0 Å². The number of hydrogen-bond acceptors (Lipinski definition) is 3. The Morgan fingerprint density at radius 1 is 1.18 bits per heavy atom. The quantitative estimate of drug-likeness (QED) is 0.859. The molecule has 2 aliphatic rings. The molecule has 0 aliphatic carbocycles. The molecule has 0 saturated carbocycles. The van der Waals surface area contributed by atoms with Crippen LogP contribution >= 0.6 is 0 Å². The minimum absolute atomic E-state index is 0.263. The first-order chi connectivity index (χ1) is 10.7. The lowest BCUT2D eigenvalue weighted by Gasteiger charge is -2.40. The van der Waals surface area contributed by atoms with Gasteiger partial charge in [-0.1, -0.05) is 30.3 Å². The predicted molar refractivity (Wildman–Crippen MR) is 89.6 cm³/mol. The topological polar surface area (TPSA) is 30.3 Å². The summed E-state index contributed by atoms with van der Waals surface area (Å²) >= 11 is 0. The van der Waals surface area contributed by atoms with Gasteiger partial charge in [0.1, 0.15) is 0 Å². The van der Waals surface area contributed by atoms with Gasteiger partial charge in [-0.3, -0.25) is 0 Å². The molecule has 3 rings (SSSR count). The Labute approximate surface area is 134 Å². The smallest absolute Gasteiger partial charge is 0.0846 e. The van der Waals surface area contributed by atoms with Gasteiger partial charge in [-0.25, -0.2) is 0 Å². The Bertz CT molecular complexity index is 511. The number of rotatable bonds is 3. The van der Waals surface area contributed by atoms with E-state index in [4.69, 9.17) is 0 Å². The number of hydrogen-bond donors (Lipinski definition) is 0. The molecule has 2 aliphatic heterocycles. The second-order valence-corrected chi connectivity index (χ2v) is 7.13. The molecule has 0 amide bonds. The normalized spacial score (nSPS) is 26.5. The molecule has 0 unspecified atom stereocenters. The van der Waals surface area contributed by atoms with E-state index in [1.807, 2.05) is 6.07 Å². The number of benzene rings is 1. The summed E-state index contributed by atoms with van der Waals surface area (Å²) in [6.45, 7) is 5.81. The largest absolute Gasteiger partial charge is 0.306 e. The van der Waals surface area contributed by atoms with E-state index >= 15 is 0 Å². The lowest BCUT2D eigenvalue weighted by Crippen LogP contribution is -2.46. The van der Waals surface area contributed by atoms with Gasteiger partial charge in [-0.05, 0) is 63.8 Å². The summed E-state index contributed by atoms with van der Waals surface area (Å²) in [6, 6.07) is 13.0. The first-order valence-electron chi connectivity index (χ1n) is 8.59. The van der Waals surface area contributed by atoms with Crippen LogP contribution in [0, 0.1) is 17.2 Å². The molecule has 0 radical (unpaired) electrons. The molecule has 118 valence electrons. The third kappa shape index (κ3) is 3.34. The van der Waals surface area contributed by atoms with E-state index in [0.717, 1.165) is 31.8 Å². The maximum atomic E-state index is 9.76. The van der Waals surface area contributed by atoms with Gasteiger partial charge in [-0.15, -0.1) is 0 Å². The van der Waals surface area contributed by atoms with Crippen LogP contribution in [0.5, 0.6) is 0 Å². The van der Waals surface area contributed by atoms with Gasteiger partial charge in [0.15, 0.2) is 0 Å². The van der Waals surface area contributed by atoms with E-state index in [9.17, 15) is 5.26 Å². The number of nitrogens with zero attached hydrogens (tertiary/aromatic N) is 3. The van der Waals surface area contributed by atoms with Crippen LogP contribution in [0.4, 0.5) is 0 Å². The molecule has 3 nitrogen and oxygen atoms in total. The van der Waals surface area contributed by atoms with Crippen molar-refractivity contribution in [2.45, 2.75) is 31.1 Å². The molecule has 0 N–H and O–H groups in total. The summed E-state index contributed by atoms with van der Waals surface area (Å²) in [6.07, 6.45) is 4.64. The Balaban J connectivity index is 1.58. The molecule has 0 spiro atoms. The van der Waals surface area contributed by atoms with Crippen molar-refractivity contribution in [3.63, 3.8) is 0 Å². The lowest BCUT2D eigenvalue weighted by atomic mass is 9.74. The molecule has 1 aromatic carbocycles. The van der Waals surface area contributed by atoms with Crippen molar-refractivity contribution in [3.8, 4) is 6.07 Å². The standard InChI is InChI=1S/C19H27N3/c1-21-11-5-6-17(14-21)15-22-12-9-19(16-20,10-13-22)18-7-3-2-4-8-18/h2-4,7-8,17H,5-6,9-15H2,1H3/t17-/m0/s1. The molecule has 2 saturated heterocycles. The van der Waals surface area contributed by atoms with E-state index in [1.54, 1.807) is 0 Å². The summed E-state index contributed by atoms with van der Waals surface area (Å²) in [4.78, 5) is 5.05. The summed E-state index contributed by atoms with van der Waals surface area (Å²) < 4.78 is 0. The van der Waals surface area contributed by atoms with Crippen LogP contribution < -0.4 is 0 Å². The van der Waals surface area contributed by atoms with E-state index in [-0.39, 0.29) is 5.41 Å². The van der Waals surface area contributed by atoms with Crippen LogP contribution in [0.25, 0.3) is 0 Å². The van der Waals surface area contributed by atoms with Crippen LogP contribution in [0.1, 0.15) is 31.2 Å². The average molecular weight is 297 g/mol. The maximum absolute atomic E-state index is 9.76. The molecular formula is C19H27N3. The first-order valence-corrected chi connectivity index (χ1v) is 8.59. The van der Waals surface area contributed by atoms with E-state index in [2.05, 4.69) is 47.2 Å². The van der Waals surface area contributed by atoms with E-state index in [1.165, 1.54) is 38.0 Å². The minimum atomic E-state index is -0.263. The van der Waals surface area contributed by atoms with Gasteiger partial charge in [0.05, 0.1) is 11.5 Å². The van der Waals surface area contributed by atoms with Gasteiger partial charge in [0.2, 0.25) is 0 Å². The number of likely N-dealkylation sites (tertiary alicyclic amines) is 2. The van der Waals surface area contributed by atoms with E-state index in [0.29, 0.717) is 0 Å². The summed E-state index contributed by atoms with van der Waals surface area (Å²) in [5.74, 6) is 0.810. The SMILES string of the molecule is CN1CCC[C@H](CN2CCC(C#N)(c3ccccc3)CC2)C1. The second-order valence-electron chi connectivity index (χ2n) is 7.13. The zero-order valence-corrected chi connectivity index (χ0v) is 13.7. The van der Waals surface area contributed by atoms with Gasteiger partial charge in [0, 0.05) is 13.1 Å². The van der Waals surface area contributed by atoms with Crippen molar-refractivity contribution < 1.29 is 0 Å². The zero-order chi connectivity index (χ0) is 15.4. The molecule has 22 heavy (non-hydrogen) atoms. The molecule has 2 fully saturated rings. The van der Waals surface area contributed by atoms with Crippen LogP contribution in [-0.2, 0) is 5.41 Å². The van der Waals surface area contributed by atoms with Crippen molar-refractivity contribution in [3.05, 3.63) is 35.9 Å². The Kier molecular flexibility index (Phi) is 4.81. The average Bonchev–Trinajstić information content (AvgIpc) is 2.57. The fraction of sp³-hybridized carbons (Fsp3) is 0.632. The maximum Gasteiger partial charge on any atom is 0.0846 e. The van der Waals surface area contributed by atoms with Crippen LogP contribution in [0.15, 0.2) is 30.3 Å². The third-order valence-corrected chi connectivity index (χ3v) is 5.49. The van der Waals surface area contributed by atoms with Crippen molar-refractivity contribution in [2.24, 2.45) is 5.92 Å². The number of nitriles is 1. The highest BCUT2D eigenvalue weighted by Crippen LogP contribution is 2.35. The second kappa shape index (κ2) is 6.81. The molecule has 2 heterocycles. The Hall–Kier alpha value is -1.37. The number of piperidine rings is 2. The third-order valence-electron chi connectivity index (χ3n) is 5.49. The lowest BCUT2D eigenvalue weighted by molar-refractivity contribution is 0.122. The fourth-order valence-corrected chi connectivity index (χ4v) is 4.13. The van der Waals surface area contributed by atoms with E-state index < -0.39 is 0 Å². The zero-order valence-electron chi connectivity index (χ0n) is 13.7. The summed E-state index contributed by atoms with van der Waals surface area (Å²) in [7, 11) is 2.23. The molecule has 0 bridgehead atoms. The first kappa shape index (κ1) is 15.5. The molecule has 3 heteroatoms. The highest BCUT2D eigenvalue weighted by molar-refractivity contribution is 5.33. The monoisotopic (exact) mass is 297 g/mol. The van der Waals surface area contributed by atoms with Gasteiger partial charge >= 0.3 is 0 Å². The van der Waals surface area contributed by atoms with Gasteiger partial charge < -0.3 is 9.80 Å². The Morgan fingerprint density at radius 2 is 1.91 bits per heavy atom. The summed E-state index contributed by atoms with van der Waals surface area (Å²) in [5.41, 5.74) is 0.941. The van der Waals surface area contributed by atoms with Crippen molar-refractivity contribution in [2.75, 3.05) is 39.8 Å². The van der Waals surface area contributed by atoms with Crippen molar-refractivity contribution in [1.82, 2.24) is 9.80 Å². The van der Waals surface area contributed by atoms with Crippen LogP contribution in [0.2, 0.25) is 0 Å². The fourth-order valence-electron chi connectivity index (χ4n) is 4.13. The van der Waals surface area contributed by atoms with Crippen molar-refractivity contribution >= 4 is 0 Å². The summed E-state index contributed by atoms with van der Waals surface area (Å²) in [5, 5.41) is 9.76. The molecule has 1 atom stereocenters. The van der Waals surface area contributed by atoms with Crippen molar-refractivity contribution in [1.29, 1.82) is 5.26 Å². The highest BCUT2D eigenvalue weighted by atomic mass is 15.2. The molecule has 0 aromatic heterocycles. The molecular weight excluding hydrogens is 270 g/mol. The van der Waals surface area contributed by atoms with Gasteiger partial charge in [0.25, 0.3) is 0 Å². The predicted octanol–water partition coefficient (Wildman–Crippen LogP) is 2.89. The highest BCUT2D eigenvalue weighted by Gasteiger charge is 2.36. The van der Waals surface area contributed by atoms with Crippen LogP contribution in [-0.4, -0.2) is 49.6 Å². The molecule has 1 aromatic rings. The van der Waals surface area contributed by atoms with Gasteiger partial charge in [-0.2, -0.15) is 5.26 Å². The Morgan fingerprint density at radius 3 is 2.55 bits per heavy atom. The minimum Gasteiger partial charge on any atom is -0.306 e.